The standard InChI is InChI=1S/C19H22N4O4/c24-22(25)18-8-3-1-6-16(18)14-20-10-5-11-21(13-12-20)15-17-7-2-4-9-19(17)23(26)27/h1-4,6-9H,5,10-15H2. The quantitative estimate of drug-likeness (QED) is 0.573. The van der Waals surface area contributed by atoms with E-state index >= 15 is 0 Å². The maximum atomic E-state index is 11.2. The number of nitro benzene ring substituents is 2. The van der Waals surface area contributed by atoms with E-state index in [1.54, 1.807) is 24.3 Å². The number of hydrogen-bond acceptors (Lipinski definition) is 6. The van der Waals surface area contributed by atoms with Crippen molar-refractivity contribution < 1.29 is 9.85 Å². The third-order valence-corrected chi connectivity index (χ3v) is 4.85. The fourth-order valence-electron chi connectivity index (χ4n) is 3.47. The highest BCUT2D eigenvalue weighted by molar-refractivity contribution is 5.40. The lowest BCUT2D eigenvalue weighted by molar-refractivity contribution is -0.385. The summed E-state index contributed by atoms with van der Waals surface area (Å²) >= 11 is 0. The van der Waals surface area contributed by atoms with Crippen LogP contribution in [-0.4, -0.2) is 45.8 Å². The molecule has 1 aliphatic rings. The fraction of sp³-hybridized carbons (Fsp3) is 0.368. The van der Waals surface area contributed by atoms with Gasteiger partial charge in [-0.05, 0) is 19.5 Å². The van der Waals surface area contributed by atoms with Crippen LogP contribution in [0.5, 0.6) is 0 Å². The molecule has 0 radical (unpaired) electrons. The predicted molar refractivity (Wildman–Crippen MR) is 101 cm³/mol. The van der Waals surface area contributed by atoms with Crippen molar-refractivity contribution in [1.82, 2.24) is 9.80 Å². The summed E-state index contributed by atoms with van der Waals surface area (Å²) < 4.78 is 0. The maximum absolute atomic E-state index is 11.2. The molecule has 3 rings (SSSR count). The molecule has 1 saturated heterocycles. The van der Waals surface area contributed by atoms with Gasteiger partial charge in [-0.1, -0.05) is 36.4 Å². The first-order valence-electron chi connectivity index (χ1n) is 8.94. The Hall–Kier alpha value is -2.84. The SMILES string of the molecule is O=[N+]([O-])c1ccccc1CN1CCCN(Cc2ccccc2[N+](=O)[O-])CC1. The second kappa shape index (κ2) is 8.70. The van der Waals surface area contributed by atoms with Gasteiger partial charge >= 0.3 is 0 Å². The zero-order valence-corrected chi connectivity index (χ0v) is 15.0. The van der Waals surface area contributed by atoms with Crippen LogP contribution in [0.2, 0.25) is 0 Å². The molecule has 142 valence electrons. The summed E-state index contributed by atoms with van der Waals surface area (Å²) in [4.78, 5) is 26.1. The number of nitro groups is 2. The summed E-state index contributed by atoms with van der Waals surface area (Å²) in [5, 5.41) is 22.4. The van der Waals surface area contributed by atoms with Gasteiger partial charge in [-0.2, -0.15) is 0 Å². The van der Waals surface area contributed by atoms with E-state index in [2.05, 4.69) is 9.80 Å². The second-order valence-electron chi connectivity index (χ2n) is 6.68. The number of hydrogen-bond donors (Lipinski definition) is 0. The van der Waals surface area contributed by atoms with Gasteiger partial charge in [0.1, 0.15) is 0 Å². The van der Waals surface area contributed by atoms with E-state index in [9.17, 15) is 20.2 Å². The largest absolute Gasteiger partial charge is 0.298 e. The zero-order valence-electron chi connectivity index (χ0n) is 15.0. The van der Waals surface area contributed by atoms with Gasteiger partial charge in [0.05, 0.1) is 9.85 Å². The van der Waals surface area contributed by atoms with Crippen LogP contribution in [0.1, 0.15) is 17.5 Å². The lowest BCUT2D eigenvalue weighted by Gasteiger charge is -2.21. The third kappa shape index (κ3) is 4.87. The highest BCUT2D eigenvalue weighted by atomic mass is 16.6. The first-order valence-corrected chi connectivity index (χ1v) is 8.94. The molecule has 0 aromatic heterocycles. The summed E-state index contributed by atoms with van der Waals surface area (Å²) in [6.07, 6.45) is 0.918. The van der Waals surface area contributed by atoms with E-state index in [0.29, 0.717) is 13.1 Å². The Bertz CT molecular complexity index is 759. The molecule has 0 unspecified atom stereocenters. The van der Waals surface area contributed by atoms with E-state index in [1.807, 2.05) is 12.1 Å². The molecular weight excluding hydrogens is 348 g/mol. The Morgan fingerprint density at radius 3 is 1.52 bits per heavy atom. The van der Waals surface area contributed by atoms with Crippen molar-refractivity contribution in [3.63, 3.8) is 0 Å². The van der Waals surface area contributed by atoms with E-state index < -0.39 is 0 Å². The van der Waals surface area contributed by atoms with E-state index in [0.717, 1.165) is 43.7 Å². The molecule has 8 heteroatoms. The highest BCUT2D eigenvalue weighted by Gasteiger charge is 2.21. The van der Waals surface area contributed by atoms with Crippen molar-refractivity contribution >= 4 is 11.4 Å². The third-order valence-electron chi connectivity index (χ3n) is 4.85. The molecule has 0 spiro atoms. The molecule has 1 heterocycles. The Kier molecular flexibility index (Phi) is 6.10. The summed E-state index contributed by atoms with van der Waals surface area (Å²) in [5.41, 5.74) is 1.74. The van der Waals surface area contributed by atoms with Gasteiger partial charge in [-0.3, -0.25) is 30.0 Å². The smallest absolute Gasteiger partial charge is 0.273 e. The van der Waals surface area contributed by atoms with Crippen LogP contribution in [-0.2, 0) is 13.1 Å². The molecule has 0 saturated carbocycles. The number of benzene rings is 2. The van der Waals surface area contributed by atoms with Crippen molar-refractivity contribution in [2.24, 2.45) is 0 Å². The molecule has 8 nitrogen and oxygen atoms in total. The van der Waals surface area contributed by atoms with Crippen molar-refractivity contribution in [3.8, 4) is 0 Å². The van der Waals surface area contributed by atoms with Crippen molar-refractivity contribution in [2.45, 2.75) is 19.5 Å². The van der Waals surface area contributed by atoms with Crippen LogP contribution < -0.4 is 0 Å². The van der Waals surface area contributed by atoms with Crippen molar-refractivity contribution in [2.75, 3.05) is 26.2 Å². The van der Waals surface area contributed by atoms with Crippen LogP contribution in [0, 0.1) is 20.2 Å². The van der Waals surface area contributed by atoms with Gasteiger partial charge in [-0.25, -0.2) is 0 Å². The van der Waals surface area contributed by atoms with Gasteiger partial charge < -0.3 is 0 Å². The fourth-order valence-corrected chi connectivity index (χ4v) is 3.47. The minimum absolute atomic E-state index is 0.151. The lowest BCUT2D eigenvalue weighted by Crippen LogP contribution is -2.30. The normalized spacial score (nSPS) is 16.0. The minimum Gasteiger partial charge on any atom is -0.298 e. The number of nitrogens with zero attached hydrogens (tertiary/aromatic N) is 4. The summed E-state index contributed by atoms with van der Waals surface area (Å²) in [5.74, 6) is 0. The Morgan fingerprint density at radius 2 is 1.11 bits per heavy atom. The highest BCUT2D eigenvalue weighted by Crippen LogP contribution is 2.22. The first-order chi connectivity index (χ1) is 13.0. The molecule has 0 aliphatic carbocycles. The molecule has 0 N–H and O–H groups in total. The van der Waals surface area contributed by atoms with Crippen LogP contribution in [0.3, 0.4) is 0 Å². The summed E-state index contributed by atoms with van der Waals surface area (Å²) in [6.45, 7) is 4.31. The van der Waals surface area contributed by atoms with Gasteiger partial charge in [0.15, 0.2) is 0 Å². The van der Waals surface area contributed by atoms with Crippen molar-refractivity contribution in [3.05, 3.63) is 79.9 Å². The van der Waals surface area contributed by atoms with Crippen LogP contribution in [0.4, 0.5) is 11.4 Å². The van der Waals surface area contributed by atoms with Gasteiger partial charge in [-0.15, -0.1) is 0 Å². The lowest BCUT2D eigenvalue weighted by atomic mass is 10.1. The van der Waals surface area contributed by atoms with Gasteiger partial charge in [0.25, 0.3) is 11.4 Å². The first kappa shape index (κ1) is 18.9. The summed E-state index contributed by atoms with van der Waals surface area (Å²) in [7, 11) is 0. The topological polar surface area (TPSA) is 92.8 Å². The maximum Gasteiger partial charge on any atom is 0.273 e. The van der Waals surface area contributed by atoms with Gasteiger partial charge in [0.2, 0.25) is 0 Å². The molecule has 1 fully saturated rings. The number of rotatable bonds is 6. The zero-order chi connectivity index (χ0) is 19.2. The molecule has 1 aliphatic heterocycles. The second-order valence-corrected chi connectivity index (χ2v) is 6.68. The Labute approximate surface area is 157 Å². The molecule has 0 bridgehead atoms. The molecule has 2 aromatic carbocycles. The monoisotopic (exact) mass is 370 g/mol. The molecular formula is C19H22N4O4. The average molecular weight is 370 g/mol. The van der Waals surface area contributed by atoms with Crippen LogP contribution in [0.15, 0.2) is 48.5 Å². The Morgan fingerprint density at radius 1 is 0.704 bits per heavy atom. The predicted octanol–water partition coefficient (Wildman–Crippen LogP) is 3.21. The van der Waals surface area contributed by atoms with Crippen molar-refractivity contribution in [1.29, 1.82) is 0 Å². The van der Waals surface area contributed by atoms with E-state index in [-0.39, 0.29) is 21.2 Å². The Balaban J connectivity index is 1.63. The molecule has 27 heavy (non-hydrogen) atoms. The average Bonchev–Trinajstić information content (AvgIpc) is 2.87. The van der Waals surface area contributed by atoms with Crippen LogP contribution >= 0.6 is 0 Å². The number of para-hydroxylation sites is 2. The van der Waals surface area contributed by atoms with E-state index in [4.69, 9.17) is 0 Å². The molecule has 0 atom stereocenters. The molecule has 2 aromatic rings. The van der Waals surface area contributed by atoms with Crippen LogP contribution in [0.25, 0.3) is 0 Å². The van der Waals surface area contributed by atoms with Gasteiger partial charge in [0, 0.05) is 49.4 Å². The van der Waals surface area contributed by atoms with E-state index in [1.165, 1.54) is 12.1 Å². The minimum atomic E-state index is -0.339. The summed E-state index contributed by atoms with van der Waals surface area (Å²) in [6, 6.07) is 13.7. The molecule has 0 amide bonds.